The Bertz CT molecular complexity index is 586. The van der Waals surface area contributed by atoms with Crippen LogP contribution in [-0.2, 0) is 0 Å². The minimum Gasteiger partial charge on any atom is -0.397 e. The molecule has 0 spiro atoms. The first-order chi connectivity index (χ1) is 9.18. The molecule has 1 aromatic carbocycles. The number of nitrogens with one attached hydrogen (secondary N) is 1. The summed E-state index contributed by atoms with van der Waals surface area (Å²) < 4.78 is 0. The molecular weight excluding hydrogens is 234 g/mol. The predicted molar refractivity (Wildman–Crippen MR) is 81.3 cm³/mol. The molecule has 1 aliphatic rings. The van der Waals surface area contributed by atoms with Gasteiger partial charge in [-0.2, -0.15) is 0 Å². The van der Waals surface area contributed by atoms with E-state index in [9.17, 15) is 0 Å². The number of rotatable bonds is 2. The minimum atomic E-state index is 0.183. The second kappa shape index (κ2) is 4.72. The molecule has 2 aromatic rings. The summed E-state index contributed by atoms with van der Waals surface area (Å²) in [6, 6.07) is 8.07. The molecular formula is C16H21N3. The SMILES string of the molecule is CC1(Nc2ccc3ncccc3c2N)CCCCC1. The Morgan fingerprint density at radius 2 is 1.95 bits per heavy atom. The van der Waals surface area contributed by atoms with Crippen LogP contribution in [0.25, 0.3) is 10.9 Å². The van der Waals surface area contributed by atoms with Crippen LogP contribution < -0.4 is 11.1 Å². The van der Waals surface area contributed by atoms with Crippen LogP contribution in [0.2, 0.25) is 0 Å². The lowest BCUT2D eigenvalue weighted by Gasteiger charge is -2.36. The highest BCUT2D eigenvalue weighted by Crippen LogP contribution is 2.35. The maximum Gasteiger partial charge on any atom is 0.0724 e. The van der Waals surface area contributed by atoms with Gasteiger partial charge in [0.1, 0.15) is 0 Å². The molecule has 19 heavy (non-hydrogen) atoms. The average molecular weight is 255 g/mol. The number of pyridine rings is 1. The first-order valence-corrected chi connectivity index (χ1v) is 7.09. The summed E-state index contributed by atoms with van der Waals surface area (Å²) in [7, 11) is 0. The lowest BCUT2D eigenvalue weighted by atomic mass is 9.83. The molecule has 0 radical (unpaired) electrons. The Morgan fingerprint density at radius 3 is 2.74 bits per heavy atom. The number of benzene rings is 1. The fraction of sp³-hybridized carbons (Fsp3) is 0.438. The third-order valence-corrected chi connectivity index (χ3v) is 4.22. The van der Waals surface area contributed by atoms with Gasteiger partial charge < -0.3 is 11.1 Å². The smallest absolute Gasteiger partial charge is 0.0724 e. The molecule has 100 valence electrons. The highest BCUT2D eigenvalue weighted by molar-refractivity contribution is 5.96. The molecule has 0 saturated heterocycles. The van der Waals surface area contributed by atoms with Crippen LogP contribution in [0.4, 0.5) is 11.4 Å². The molecule has 1 heterocycles. The highest BCUT2D eigenvalue weighted by Gasteiger charge is 2.27. The zero-order valence-electron chi connectivity index (χ0n) is 11.4. The summed E-state index contributed by atoms with van der Waals surface area (Å²) in [6.45, 7) is 2.30. The molecule has 1 aliphatic carbocycles. The van der Waals surface area contributed by atoms with Crippen LogP contribution in [0.5, 0.6) is 0 Å². The zero-order valence-corrected chi connectivity index (χ0v) is 11.4. The lowest BCUT2D eigenvalue weighted by molar-refractivity contribution is 0.349. The van der Waals surface area contributed by atoms with Crippen molar-refractivity contribution in [2.45, 2.75) is 44.6 Å². The molecule has 3 heteroatoms. The number of anilines is 2. The van der Waals surface area contributed by atoms with Crippen molar-refractivity contribution in [2.75, 3.05) is 11.1 Å². The van der Waals surface area contributed by atoms with Crippen molar-refractivity contribution >= 4 is 22.3 Å². The normalized spacial score (nSPS) is 18.4. The van der Waals surface area contributed by atoms with Crippen LogP contribution >= 0.6 is 0 Å². The molecule has 1 aromatic heterocycles. The van der Waals surface area contributed by atoms with E-state index in [1.54, 1.807) is 6.20 Å². The minimum absolute atomic E-state index is 0.183. The van der Waals surface area contributed by atoms with Crippen molar-refractivity contribution in [2.24, 2.45) is 0 Å². The number of nitrogen functional groups attached to an aromatic ring is 1. The van der Waals surface area contributed by atoms with Gasteiger partial charge in [-0.25, -0.2) is 0 Å². The molecule has 0 bridgehead atoms. The third-order valence-electron chi connectivity index (χ3n) is 4.22. The van der Waals surface area contributed by atoms with Crippen molar-refractivity contribution < 1.29 is 0 Å². The molecule has 0 atom stereocenters. The van der Waals surface area contributed by atoms with Gasteiger partial charge in [0.05, 0.1) is 16.9 Å². The van der Waals surface area contributed by atoms with Crippen molar-refractivity contribution in [1.82, 2.24) is 4.98 Å². The summed E-state index contributed by atoms with van der Waals surface area (Å²) >= 11 is 0. The second-order valence-electron chi connectivity index (χ2n) is 5.84. The third kappa shape index (κ3) is 2.37. The van der Waals surface area contributed by atoms with Gasteiger partial charge in [-0.1, -0.05) is 19.3 Å². The zero-order chi connectivity index (χ0) is 13.3. The number of aromatic nitrogens is 1. The van der Waals surface area contributed by atoms with Crippen molar-refractivity contribution in [3.05, 3.63) is 30.5 Å². The predicted octanol–water partition coefficient (Wildman–Crippen LogP) is 3.95. The van der Waals surface area contributed by atoms with Crippen LogP contribution in [-0.4, -0.2) is 10.5 Å². The van der Waals surface area contributed by atoms with Crippen LogP contribution in [0.15, 0.2) is 30.5 Å². The molecule has 0 aliphatic heterocycles. The van der Waals surface area contributed by atoms with Gasteiger partial charge in [-0.15, -0.1) is 0 Å². The van der Waals surface area contributed by atoms with E-state index in [4.69, 9.17) is 5.73 Å². The summed E-state index contributed by atoms with van der Waals surface area (Å²) in [5.41, 5.74) is 9.30. The maximum absolute atomic E-state index is 6.29. The summed E-state index contributed by atoms with van der Waals surface area (Å²) in [5.74, 6) is 0. The Labute approximate surface area is 114 Å². The van der Waals surface area contributed by atoms with Gasteiger partial charge >= 0.3 is 0 Å². The number of nitrogens with zero attached hydrogens (tertiary/aromatic N) is 1. The maximum atomic E-state index is 6.29. The van der Waals surface area contributed by atoms with Crippen molar-refractivity contribution in [1.29, 1.82) is 0 Å². The molecule has 1 fully saturated rings. The fourth-order valence-corrected chi connectivity index (χ4v) is 3.07. The topological polar surface area (TPSA) is 50.9 Å². The Kier molecular flexibility index (Phi) is 3.05. The van der Waals surface area contributed by atoms with Gasteiger partial charge in [0.2, 0.25) is 0 Å². The quantitative estimate of drug-likeness (QED) is 0.799. The Morgan fingerprint density at radius 1 is 1.16 bits per heavy atom. The van der Waals surface area contributed by atoms with E-state index in [1.807, 2.05) is 18.2 Å². The van der Waals surface area contributed by atoms with Crippen LogP contribution in [0, 0.1) is 0 Å². The first-order valence-electron chi connectivity index (χ1n) is 7.09. The van der Waals surface area contributed by atoms with E-state index in [-0.39, 0.29) is 5.54 Å². The van der Waals surface area contributed by atoms with Crippen LogP contribution in [0.1, 0.15) is 39.0 Å². The van der Waals surface area contributed by atoms with E-state index in [1.165, 1.54) is 32.1 Å². The molecule has 1 saturated carbocycles. The van der Waals surface area contributed by atoms with E-state index in [2.05, 4.69) is 23.3 Å². The van der Waals surface area contributed by atoms with Gasteiger partial charge in [-0.3, -0.25) is 4.98 Å². The summed E-state index contributed by atoms with van der Waals surface area (Å²) in [5, 5.41) is 4.70. The molecule has 0 unspecified atom stereocenters. The number of fused-ring (bicyclic) bond motifs is 1. The van der Waals surface area contributed by atoms with E-state index in [0.29, 0.717) is 0 Å². The molecule has 3 rings (SSSR count). The fourth-order valence-electron chi connectivity index (χ4n) is 3.07. The standard InChI is InChI=1S/C16H21N3/c1-16(9-3-2-4-10-16)19-14-8-7-13-12(15(14)17)6-5-11-18-13/h5-8,11,19H,2-4,9-10,17H2,1H3. The number of hydrogen-bond donors (Lipinski definition) is 2. The molecule has 0 amide bonds. The van der Waals surface area contributed by atoms with E-state index < -0.39 is 0 Å². The van der Waals surface area contributed by atoms with E-state index in [0.717, 1.165) is 22.3 Å². The van der Waals surface area contributed by atoms with Crippen molar-refractivity contribution in [3.63, 3.8) is 0 Å². The number of nitrogens with two attached hydrogens (primary N) is 1. The molecule has 3 N–H and O–H groups in total. The Hall–Kier alpha value is -1.77. The lowest BCUT2D eigenvalue weighted by Crippen LogP contribution is -2.37. The van der Waals surface area contributed by atoms with Crippen LogP contribution in [0.3, 0.4) is 0 Å². The van der Waals surface area contributed by atoms with Gasteiger partial charge in [-0.05, 0) is 44.0 Å². The van der Waals surface area contributed by atoms with Gasteiger partial charge in [0.15, 0.2) is 0 Å². The largest absolute Gasteiger partial charge is 0.397 e. The van der Waals surface area contributed by atoms with E-state index >= 15 is 0 Å². The summed E-state index contributed by atoms with van der Waals surface area (Å²) in [6.07, 6.45) is 8.21. The second-order valence-corrected chi connectivity index (χ2v) is 5.84. The van der Waals surface area contributed by atoms with Gasteiger partial charge in [0.25, 0.3) is 0 Å². The molecule has 3 nitrogen and oxygen atoms in total. The highest BCUT2D eigenvalue weighted by atomic mass is 15.0. The van der Waals surface area contributed by atoms with Gasteiger partial charge in [0, 0.05) is 17.1 Å². The monoisotopic (exact) mass is 255 g/mol. The average Bonchev–Trinajstić information content (AvgIpc) is 2.43. The summed E-state index contributed by atoms with van der Waals surface area (Å²) in [4.78, 5) is 4.34. The Balaban J connectivity index is 1.94. The number of hydrogen-bond acceptors (Lipinski definition) is 3. The first kappa shape index (κ1) is 12.3. The van der Waals surface area contributed by atoms with Crippen molar-refractivity contribution in [3.8, 4) is 0 Å².